The maximum atomic E-state index is 12.4. The van der Waals surface area contributed by atoms with Gasteiger partial charge in [-0.2, -0.15) is 0 Å². The highest BCUT2D eigenvalue weighted by atomic mass is 16.5. The van der Waals surface area contributed by atoms with Gasteiger partial charge < -0.3 is 15.4 Å². The Hall–Kier alpha value is -2.82. The minimum absolute atomic E-state index is 0.252. The van der Waals surface area contributed by atoms with Gasteiger partial charge in [-0.05, 0) is 36.8 Å². The molecule has 2 aromatic carbocycles. The Kier molecular flexibility index (Phi) is 4.78. The maximum absolute atomic E-state index is 12.4. The molecular formula is C17H18N2O3. The number of amides is 2. The average molecular weight is 298 g/mol. The molecule has 0 saturated heterocycles. The number of benzene rings is 2. The number of para-hydroxylation sites is 1. The fourth-order valence-electron chi connectivity index (χ4n) is 2.08. The van der Waals surface area contributed by atoms with Gasteiger partial charge >= 0.3 is 0 Å². The number of anilines is 1. The lowest BCUT2D eigenvalue weighted by atomic mass is 10.1. The van der Waals surface area contributed by atoms with Gasteiger partial charge in [0.15, 0.2) is 0 Å². The van der Waals surface area contributed by atoms with Crippen LogP contribution in [0.4, 0.5) is 5.69 Å². The summed E-state index contributed by atoms with van der Waals surface area (Å²) >= 11 is 0. The average Bonchev–Trinajstić information content (AvgIpc) is 2.55. The number of aryl methyl sites for hydroxylation is 1. The van der Waals surface area contributed by atoms with Crippen LogP contribution in [-0.4, -0.2) is 26.0 Å². The third-order valence-corrected chi connectivity index (χ3v) is 3.32. The number of carbonyl (C=O) groups is 2. The number of methoxy groups -OCH3 is 1. The molecular weight excluding hydrogens is 280 g/mol. The zero-order valence-electron chi connectivity index (χ0n) is 12.8. The molecule has 2 aromatic rings. The molecule has 0 aliphatic carbocycles. The number of ether oxygens (including phenoxy) is 1. The third kappa shape index (κ3) is 3.25. The summed E-state index contributed by atoms with van der Waals surface area (Å²) in [6, 6.07) is 12.1. The van der Waals surface area contributed by atoms with Crippen LogP contribution in [0.3, 0.4) is 0 Å². The predicted molar refractivity (Wildman–Crippen MR) is 85.5 cm³/mol. The first-order valence-electron chi connectivity index (χ1n) is 6.84. The lowest BCUT2D eigenvalue weighted by molar-refractivity contribution is 0.0964. The minimum atomic E-state index is -0.297. The Labute approximate surface area is 129 Å². The van der Waals surface area contributed by atoms with Crippen LogP contribution in [0.5, 0.6) is 5.75 Å². The molecule has 0 bridgehead atoms. The quantitative estimate of drug-likeness (QED) is 0.911. The minimum Gasteiger partial charge on any atom is -0.496 e. The fourth-order valence-corrected chi connectivity index (χ4v) is 2.08. The first-order chi connectivity index (χ1) is 10.6. The van der Waals surface area contributed by atoms with Crippen molar-refractivity contribution in [2.45, 2.75) is 6.92 Å². The van der Waals surface area contributed by atoms with Crippen molar-refractivity contribution in [2.24, 2.45) is 0 Å². The maximum Gasteiger partial charge on any atom is 0.255 e. The second-order valence-corrected chi connectivity index (χ2v) is 4.76. The van der Waals surface area contributed by atoms with Gasteiger partial charge in [0, 0.05) is 12.6 Å². The molecule has 0 saturated carbocycles. The molecule has 22 heavy (non-hydrogen) atoms. The van der Waals surface area contributed by atoms with Crippen molar-refractivity contribution < 1.29 is 14.3 Å². The van der Waals surface area contributed by atoms with Crippen LogP contribution in [-0.2, 0) is 0 Å². The molecule has 0 atom stereocenters. The van der Waals surface area contributed by atoms with Crippen LogP contribution in [0.2, 0.25) is 0 Å². The summed E-state index contributed by atoms with van der Waals surface area (Å²) in [5.41, 5.74) is 2.29. The van der Waals surface area contributed by atoms with E-state index < -0.39 is 0 Å². The van der Waals surface area contributed by atoms with Crippen molar-refractivity contribution in [1.82, 2.24) is 5.32 Å². The van der Waals surface area contributed by atoms with Crippen LogP contribution in [0, 0.1) is 6.92 Å². The summed E-state index contributed by atoms with van der Waals surface area (Å²) in [5.74, 6) is 0.0966. The highest BCUT2D eigenvalue weighted by molar-refractivity contribution is 6.09. The van der Waals surface area contributed by atoms with E-state index >= 15 is 0 Å². The number of hydrogen-bond acceptors (Lipinski definition) is 3. The molecule has 2 N–H and O–H groups in total. The van der Waals surface area contributed by atoms with Crippen molar-refractivity contribution in [3.05, 3.63) is 59.2 Å². The smallest absolute Gasteiger partial charge is 0.255 e. The highest BCUT2D eigenvalue weighted by Gasteiger charge is 2.13. The topological polar surface area (TPSA) is 67.4 Å². The van der Waals surface area contributed by atoms with Gasteiger partial charge in [-0.25, -0.2) is 0 Å². The van der Waals surface area contributed by atoms with Crippen molar-refractivity contribution in [3.8, 4) is 5.75 Å². The summed E-state index contributed by atoms with van der Waals surface area (Å²) in [6.45, 7) is 1.90. The van der Waals surface area contributed by atoms with E-state index in [1.165, 1.54) is 0 Å². The van der Waals surface area contributed by atoms with E-state index in [-0.39, 0.29) is 11.8 Å². The molecule has 0 heterocycles. The fraction of sp³-hybridized carbons (Fsp3) is 0.176. The molecule has 0 aromatic heterocycles. The van der Waals surface area contributed by atoms with Crippen LogP contribution >= 0.6 is 0 Å². The molecule has 2 rings (SSSR count). The molecule has 2 amide bonds. The van der Waals surface area contributed by atoms with Gasteiger partial charge in [-0.15, -0.1) is 0 Å². The van der Waals surface area contributed by atoms with Crippen molar-refractivity contribution in [3.63, 3.8) is 0 Å². The summed E-state index contributed by atoms with van der Waals surface area (Å²) in [4.78, 5) is 24.2. The highest BCUT2D eigenvalue weighted by Crippen LogP contribution is 2.21. The zero-order chi connectivity index (χ0) is 16.1. The van der Waals surface area contributed by atoms with Crippen molar-refractivity contribution in [1.29, 1.82) is 0 Å². The van der Waals surface area contributed by atoms with E-state index in [4.69, 9.17) is 4.74 Å². The largest absolute Gasteiger partial charge is 0.496 e. The second kappa shape index (κ2) is 6.76. The molecule has 0 aliphatic rings. The zero-order valence-corrected chi connectivity index (χ0v) is 12.8. The lowest BCUT2D eigenvalue weighted by Gasteiger charge is -2.11. The molecule has 0 fully saturated rings. The van der Waals surface area contributed by atoms with Gasteiger partial charge in [-0.3, -0.25) is 9.59 Å². The number of nitrogens with one attached hydrogen (secondary N) is 2. The Balaban J connectivity index is 2.28. The summed E-state index contributed by atoms with van der Waals surface area (Å²) in [7, 11) is 3.11. The van der Waals surface area contributed by atoms with E-state index in [1.807, 2.05) is 13.0 Å². The monoisotopic (exact) mass is 298 g/mol. The molecule has 0 radical (unpaired) electrons. The van der Waals surface area contributed by atoms with E-state index in [1.54, 1.807) is 50.6 Å². The molecule has 0 unspecified atom stereocenters. The van der Waals surface area contributed by atoms with E-state index in [9.17, 15) is 9.59 Å². The SMILES string of the molecule is CNC(=O)c1ccccc1NC(=O)c1ccc(C)c(OC)c1. The van der Waals surface area contributed by atoms with Gasteiger partial charge in [0.2, 0.25) is 0 Å². The standard InChI is InChI=1S/C17H18N2O3/c1-11-8-9-12(10-15(11)22-3)16(20)19-14-7-5-4-6-13(14)17(21)18-2/h4-10H,1-3H3,(H,18,21)(H,19,20). The predicted octanol–water partition coefficient (Wildman–Crippen LogP) is 2.62. The summed E-state index contributed by atoms with van der Waals surface area (Å²) < 4.78 is 5.22. The Bertz CT molecular complexity index is 711. The lowest BCUT2D eigenvalue weighted by Crippen LogP contribution is -2.21. The molecule has 114 valence electrons. The summed E-state index contributed by atoms with van der Waals surface area (Å²) in [6.07, 6.45) is 0. The summed E-state index contributed by atoms with van der Waals surface area (Å²) in [5, 5.41) is 5.31. The van der Waals surface area contributed by atoms with Gasteiger partial charge in [0.1, 0.15) is 5.75 Å². The number of carbonyl (C=O) groups excluding carboxylic acids is 2. The second-order valence-electron chi connectivity index (χ2n) is 4.76. The molecule has 0 aliphatic heterocycles. The van der Waals surface area contributed by atoms with E-state index in [0.717, 1.165) is 5.56 Å². The Morgan fingerprint density at radius 3 is 2.45 bits per heavy atom. The van der Waals surface area contributed by atoms with Gasteiger partial charge in [-0.1, -0.05) is 18.2 Å². The van der Waals surface area contributed by atoms with Gasteiger partial charge in [0.25, 0.3) is 11.8 Å². The first-order valence-corrected chi connectivity index (χ1v) is 6.84. The molecule has 0 spiro atoms. The normalized spacial score (nSPS) is 9.95. The van der Waals surface area contributed by atoms with E-state index in [0.29, 0.717) is 22.6 Å². The van der Waals surface area contributed by atoms with Crippen LogP contribution in [0.25, 0.3) is 0 Å². The Morgan fingerprint density at radius 1 is 1.05 bits per heavy atom. The number of hydrogen-bond donors (Lipinski definition) is 2. The first kappa shape index (κ1) is 15.6. The van der Waals surface area contributed by atoms with Crippen LogP contribution in [0.15, 0.2) is 42.5 Å². The van der Waals surface area contributed by atoms with E-state index in [2.05, 4.69) is 10.6 Å². The third-order valence-electron chi connectivity index (χ3n) is 3.32. The van der Waals surface area contributed by atoms with Crippen molar-refractivity contribution in [2.75, 3.05) is 19.5 Å². The van der Waals surface area contributed by atoms with Crippen molar-refractivity contribution >= 4 is 17.5 Å². The molecule has 5 heteroatoms. The van der Waals surface area contributed by atoms with Crippen LogP contribution < -0.4 is 15.4 Å². The molecule has 5 nitrogen and oxygen atoms in total. The number of rotatable bonds is 4. The van der Waals surface area contributed by atoms with Gasteiger partial charge in [0.05, 0.1) is 18.4 Å². The Morgan fingerprint density at radius 2 is 1.77 bits per heavy atom. The van der Waals surface area contributed by atoms with Crippen LogP contribution in [0.1, 0.15) is 26.3 Å².